The van der Waals surface area contributed by atoms with Crippen LogP contribution in [0.5, 0.6) is 0 Å². The van der Waals surface area contributed by atoms with Gasteiger partial charge in [0.25, 0.3) is 0 Å². The van der Waals surface area contributed by atoms with Gasteiger partial charge in [-0.25, -0.2) is 0 Å². The van der Waals surface area contributed by atoms with Crippen LogP contribution in [0, 0.1) is 5.92 Å². The standard InChI is InChI=1S/C19H24N2O3/c1-13(2)24-12-19(22)21-18-11-23-10-15(18)9-14-7-8-20-17-6-4-3-5-16(14)17/h3-8,13,15,18H,9-12H2,1-2H3,(H,21,22)/t15-,18-/m1/s1. The van der Waals surface area contributed by atoms with Crippen molar-refractivity contribution in [3.05, 3.63) is 42.1 Å². The summed E-state index contributed by atoms with van der Waals surface area (Å²) in [6, 6.07) is 10.2. The summed E-state index contributed by atoms with van der Waals surface area (Å²) in [5.74, 6) is 0.183. The second-order valence-electron chi connectivity index (χ2n) is 6.52. The summed E-state index contributed by atoms with van der Waals surface area (Å²) in [4.78, 5) is 16.4. The third-order valence-electron chi connectivity index (χ3n) is 4.31. The zero-order chi connectivity index (χ0) is 16.9. The number of rotatable bonds is 6. The Balaban J connectivity index is 1.66. The zero-order valence-electron chi connectivity index (χ0n) is 14.2. The highest BCUT2D eigenvalue weighted by atomic mass is 16.5. The maximum Gasteiger partial charge on any atom is 0.246 e. The van der Waals surface area contributed by atoms with Gasteiger partial charge in [0.2, 0.25) is 5.91 Å². The SMILES string of the molecule is CC(C)OCC(=O)N[C@@H]1COC[C@H]1Cc1ccnc2ccccc12. The molecule has 0 spiro atoms. The fourth-order valence-corrected chi connectivity index (χ4v) is 3.07. The molecule has 1 aromatic heterocycles. The molecule has 1 aliphatic rings. The van der Waals surface area contributed by atoms with Crippen molar-refractivity contribution in [2.24, 2.45) is 5.92 Å². The molecule has 1 aliphatic heterocycles. The van der Waals surface area contributed by atoms with Crippen LogP contribution in [0.25, 0.3) is 10.9 Å². The molecule has 0 bridgehead atoms. The molecule has 5 heteroatoms. The van der Waals surface area contributed by atoms with Gasteiger partial charge >= 0.3 is 0 Å². The number of fused-ring (bicyclic) bond motifs is 1. The van der Waals surface area contributed by atoms with Crippen LogP contribution in [0.2, 0.25) is 0 Å². The number of amides is 1. The van der Waals surface area contributed by atoms with Crippen LogP contribution in [-0.4, -0.2) is 42.9 Å². The summed E-state index contributed by atoms with van der Waals surface area (Å²) in [5.41, 5.74) is 2.24. The lowest BCUT2D eigenvalue weighted by Crippen LogP contribution is -2.42. The summed E-state index contributed by atoms with van der Waals surface area (Å²) < 4.78 is 11.0. The van der Waals surface area contributed by atoms with Gasteiger partial charge in [-0.1, -0.05) is 18.2 Å². The summed E-state index contributed by atoms with van der Waals surface area (Å²) in [6.07, 6.45) is 2.76. The highest BCUT2D eigenvalue weighted by Crippen LogP contribution is 2.24. The lowest BCUT2D eigenvalue weighted by Gasteiger charge is -2.20. The zero-order valence-corrected chi connectivity index (χ0v) is 14.2. The fourth-order valence-electron chi connectivity index (χ4n) is 3.07. The number of pyridine rings is 1. The molecule has 2 aromatic rings. The molecule has 1 saturated heterocycles. The topological polar surface area (TPSA) is 60.5 Å². The number of para-hydroxylation sites is 1. The number of nitrogens with one attached hydrogen (secondary N) is 1. The minimum absolute atomic E-state index is 0.0280. The van der Waals surface area contributed by atoms with Crippen molar-refractivity contribution < 1.29 is 14.3 Å². The molecule has 1 amide bonds. The minimum Gasteiger partial charge on any atom is -0.379 e. The third-order valence-corrected chi connectivity index (χ3v) is 4.31. The van der Waals surface area contributed by atoms with E-state index in [1.54, 1.807) is 0 Å². The van der Waals surface area contributed by atoms with Crippen molar-refractivity contribution in [3.8, 4) is 0 Å². The molecule has 2 atom stereocenters. The van der Waals surface area contributed by atoms with Crippen molar-refractivity contribution in [2.75, 3.05) is 19.8 Å². The quantitative estimate of drug-likeness (QED) is 0.884. The van der Waals surface area contributed by atoms with Crippen LogP contribution in [0.15, 0.2) is 36.5 Å². The lowest BCUT2D eigenvalue weighted by atomic mass is 9.93. The van der Waals surface area contributed by atoms with E-state index >= 15 is 0 Å². The Kier molecular flexibility index (Phi) is 5.43. The Hall–Kier alpha value is -1.98. The first-order valence-corrected chi connectivity index (χ1v) is 8.45. The van der Waals surface area contributed by atoms with E-state index in [0.717, 1.165) is 11.9 Å². The highest BCUT2D eigenvalue weighted by Gasteiger charge is 2.30. The molecular formula is C19H24N2O3. The van der Waals surface area contributed by atoms with E-state index in [0.29, 0.717) is 13.2 Å². The third kappa shape index (κ3) is 4.10. The van der Waals surface area contributed by atoms with E-state index in [1.165, 1.54) is 10.9 Å². The van der Waals surface area contributed by atoms with Gasteiger partial charge in [-0.15, -0.1) is 0 Å². The normalized spacial score (nSPS) is 20.6. The van der Waals surface area contributed by atoms with Crippen LogP contribution in [0.3, 0.4) is 0 Å². The Morgan fingerprint density at radius 2 is 2.17 bits per heavy atom. The van der Waals surface area contributed by atoms with Gasteiger partial charge in [0.1, 0.15) is 6.61 Å². The number of benzene rings is 1. The van der Waals surface area contributed by atoms with Crippen molar-refractivity contribution in [3.63, 3.8) is 0 Å². The maximum absolute atomic E-state index is 12.0. The molecule has 24 heavy (non-hydrogen) atoms. The van der Waals surface area contributed by atoms with Gasteiger partial charge in [0, 0.05) is 17.5 Å². The molecule has 0 unspecified atom stereocenters. The molecular weight excluding hydrogens is 304 g/mol. The first-order valence-electron chi connectivity index (χ1n) is 8.45. The molecule has 1 fully saturated rings. The van der Waals surface area contributed by atoms with Crippen molar-refractivity contribution >= 4 is 16.8 Å². The predicted molar refractivity (Wildman–Crippen MR) is 92.8 cm³/mol. The number of aromatic nitrogens is 1. The fraction of sp³-hybridized carbons (Fsp3) is 0.474. The second kappa shape index (κ2) is 7.73. The highest BCUT2D eigenvalue weighted by molar-refractivity contribution is 5.82. The Bertz CT molecular complexity index is 697. The van der Waals surface area contributed by atoms with Gasteiger partial charge in [-0.2, -0.15) is 0 Å². The predicted octanol–water partition coefficient (Wildman–Crippen LogP) is 2.33. The molecule has 1 aromatic carbocycles. The molecule has 128 valence electrons. The van der Waals surface area contributed by atoms with E-state index in [9.17, 15) is 4.79 Å². The van der Waals surface area contributed by atoms with Crippen LogP contribution < -0.4 is 5.32 Å². The molecule has 0 aliphatic carbocycles. The summed E-state index contributed by atoms with van der Waals surface area (Å²) in [6.45, 7) is 5.15. The van der Waals surface area contributed by atoms with E-state index in [1.807, 2.05) is 38.2 Å². The first-order chi connectivity index (χ1) is 11.6. The van der Waals surface area contributed by atoms with Crippen LogP contribution in [0.4, 0.5) is 0 Å². The van der Waals surface area contributed by atoms with E-state index in [2.05, 4.69) is 22.4 Å². The van der Waals surface area contributed by atoms with Crippen LogP contribution in [0.1, 0.15) is 19.4 Å². The second-order valence-corrected chi connectivity index (χ2v) is 6.52. The smallest absolute Gasteiger partial charge is 0.246 e. The average Bonchev–Trinajstić information content (AvgIpc) is 3.00. The van der Waals surface area contributed by atoms with Crippen molar-refractivity contribution in [2.45, 2.75) is 32.4 Å². The van der Waals surface area contributed by atoms with Crippen LogP contribution >= 0.6 is 0 Å². The number of carbonyl (C=O) groups excluding carboxylic acids is 1. The Morgan fingerprint density at radius 3 is 3.00 bits per heavy atom. The molecule has 0 saturated carbocycles. The lowest BCUT2D eigenvalue weighted by molar-refractivity contribution is -0.128. The maximum atomic E-state index is 12.0. The largest absolute Gasteiger partial charge is 0.379 e. The molecule has 1 N–H and O–H groups in total. The van der Waals surface area contributed by atoms with E-state index in [-0.39, 0.29) is 30.6 Å². The van der Waals surface area contributed by atoms with Gasteiger partial charge < -0.3 is 14.8 Å². The van der Waals surface area contributed by atoms with Crippen molar-refractivity contribution in [1.82, 2.24) is 10.3 Å². The summed E-state index contributed by atoms with van der Waals surface area (Å²) in [5, 5.41) is 4.21. The first kappa shape index (κ1) is 16.9. The van der Waals surface area contributed by atoms with Gasteiger partial charge in [-0.3, -0.25) is 9.78 Å². The van der Waals surface area contributed by atoms with E-state index < -0.39 is 0 Å². The average molecular weight is 328 g/mol. The van der Waals surface area contributed by atoms with Gasteiger partial charge in [-0.05, 0) is 38.0 Å². The number of ether oxygens (including phenoxy) is 2. The minimum atomic E-state index is -0.0798. The van der Waals surface area contributed by atoms with Gasteiger partial charge in [0.05, 0.1) is 30.9 Å². The number of nitrogens with zero attached hydrogens (tertiary/aromatic N) is 1. The van der Waals surface area contributed by atoms with Gasteiger partial charge in [0.15, 0.2) is 0 Å². The molecule has 2 heterocycles. The monoisotopic (exact) mass is 328 g/mol. The van der Waals surface area contributed by atoms with E-state index in [4.69, 9.17) is 9.47 Å². The summed E-state index contributed by atoms with van der Waals surface area (Å²) >= 11 is 0. The molecule has 5 nitrogen and oxygen atoms in total. The molecule has 0 radical (unpaired) electrons. The number of hydrogen-bond acceptors (Lipinski definition) is 4. The van der Waals surface area contributed by atoms with Crippen LogP contribution in [-0.2, 0) is 20.7 Å². The summed E-state index contributed by atoms with van der Waals surface area (Å²) in [7, 11) is 0. The Morgan fingerprint density at radius 1 is 1.33 bits per heavy atom. The molecule has 3 rings (SSSR count). The van der Waals surface area contributed by atoms with Crippen molar-refractivity contribution in [1.29, 1.82) is 0 Å². The number of hydrogen-bond donors (Lipinski definition) is 1. The Labute approximate surface area is 142 Å². The number of carbonyl (C=O) groups is 1.